The van der Waals surface area contributed by atoms with E-state index in [1.807, 2.05) is 6.07 Å². The summed E-state index contributed by atoms with van der Waals surface area (Å²) < 4.78 is 13.3. The van der Waals surface area contributed by atoms with Gasteiger partial charge in [-0.05, 0) is 17.7 Å². The van der Waals surface area contributed by atoms with Crippen molar-refractivity contribution in [3.63, 3.8) is 0 Å². The summed E-state index contributed by atoms with van der Waals surface area (Å²) in [7, 11) is 0. The minimum atomic E-state index is -0.274. The van der Waals surface area contributed by atoms with Crippen molar-refractivity contribution in [2.45, 2.75) is 6.42 Å². The highest BCUT2D eigenvalue weighted by molar-refractivity contribution is 9.10. The first-order chi connectivity index (χ1) is 6.24. The van der Waals surface area contributed by atoms with Crippen LogP contribution in [0.5, 0.6) is 0 Å². The maximum absolute atomic E-state index is 12.6. The quantitative estimate of drug-likeness (QED) is 0.775. The second-order valence-electron chi connectivity index (χ2n) is 2.43. The van der Waals surface area contributed by atoms with Crippen LogP contribution in [0.2, 0.25) is 0 Å². The van der Waals surface area contributed by atoms with Crippen LogP contribution in [0.4, 0.5) is 4.39 Å². The van der Waals surface area contributed by atoms with Gasteiger partial charge in [-0.25, -0.2) is 4.39 Å². The molecule has 1 aromatic carbocycles. The van der Waals surface area contributed by atoms with Gasteiger partial charge in [-0.1, -0.05) is 34.1 Å². The second kappa shape index (κ2) is 4.78. The number of hydrogen-bond donors (Lipinski definition) is 0. The van der Waals surface area contributed by atoms with Crippen LogP contribution in [0.15, 0.2) is 28.7 Å². The average Bonchev–Trinajstić information content (AvgIpc) is 2.09. The predicted molar refractivity (Wildman–Crippen MR) is 53.4 cm³/mol. The maximum atomic E-state index is 12.6. The van der Waals surface area contributed by atoms with Gasteiger partial charge in [-0.15, -0.1) is 0 Å². The number of rotatable bonds is 2. The summed E-state index contributed by atoms with van der Waals surface area (Å²) in [6.07, 6.45) is 3.88. The molecule has 0 atom stereocenters. The lowest BCUT2D eigenvalue weighted by molar-refractivity contribution is 0.627. The summed E-state index contributed by atoms with van der Waals surface area (Å²) in [4.78, 5) is 0. The Balaban J connectivity index is 2.85. The van der Waals surface area contributed by atoms with E-state index >= 15 is 0 Å². The Bertz CT molecular complexity index is 366. The van der Waals surface area contributed by atoms with Crippen LogP contribution in [0.25, 0.3) is 6.08 Å². The molecule has 0 bridgehead atoms. The van der Waals surface area contributed by atoms with Gasteiger partial charge in [-0.2, -0.15) is 5.26 Å². The monoisotopic (exact) mass is 239 g/mol. The summed E-state index contributed by atoms with van der Waals surface area (Å²) in [6, 6.07) is 6.43. The summed E-state index contributed by atoms with van der Waals surface area (Å²) in [5, 5.41) is 8.28. The molecule has 0 amide bonds. The van der Waals surface area contributed by atoms with Crippen molar-refractivity contribution < 1.29 is 4.39 Å². The molecule has 13 heavy (non-hydrogen) atoms. The van der Waals surface area contributed by atoms with E-state index in [-0.39, 0.29) is 5.82 Å². The highest BCUT2D eigenvalue weighted by Crippen LogP contribution is 2.19. The summed E-state index contributed by atoms with van der Waals surface area (Å²) >= 11 is 3.23. The van der Waals surface area contributed by atoms with Crippen molar-refractivity contribution in [3.05, 3.63) is 40.1 Å². The lowest BCUT2D eigenvalue weighted by Gasteiger charge is -1.96. The van der Waals surface area contributed by atoms with Crippen molar-refractivity contribution >= 4 is 22.0 Å². The number of allylic oxidation sites excluding steroid dienone is 1. The lowest BCUT2D eigenvalue weighted by Crippen LogP contribution is -1.78. The molecule has 0 saturated carbocycles. The lowest BCUT2D eigenvalue weighted by atomic mass is 10.2. The van der Waals surface area contributed by atoms with Crippen LogP contribution >= 0.6 is 15.9 Å². The smallest absolute Gasteiger partial charge is 0.124 e. The summed E-state index contributed by atoms with van der Waals surface area (Å²) in [5.74, 6) is -0.274. The van der Waals surface area contributed by atoms with Crippen LogP contribution in [0.3, 0.4) is 0 Å². The van der Waals surface area contributed by atoms with Crippen LogP contribution in [-0.4, -0.2) is 0 Å². The van der Waals surface area contributed by atoms with Gasteiger partial charge in [-0.3, -0.25) is 0 Å². The fourth-order valence-corrected chi connectivity index (χ4v) is 1.36. The maximum Gasteiger partial charge on any atom is 0.124 e. The van der Waals surface area contributed by atoms with Crippen LogP contribution in [-0.2, 0) is 0 Å². The molecule has 0 spiro atoms. The minimum Gasteiger partial charge on any atom is -0.207 e. The highest BCUT2D eigenvalue weighted by Gasteiger charge is 1.96. The molecule has 3 heteroatoms. The molecule has 0 aliphatic heterocycles. The van der Waals surface area contributed by atoms with E-state index in [1.54, 1.807) is 18.2 Å². The van der Waals surface area contributed by atoms with Crippen LogP contribution < -0.4 is 0 Å². The Labute approximate surface area is 84.6 Å². The van der Waals surface area contributed by atoms with Gasteiger partial charge in [0.15, 0.2) is 0 Å². The molecule has 1 rings (SSSR count). The largest absolute Gasteiger partial charge is 0.207 e. The van der Waals surface area contributed by atoms with Crippen molar-refractivity contribution in [1.82, 2.24) is 0 Å². The first-order valence-electron chi connectivity index (χ1n) is 3.72. The van der Waals surface area contributed by atoms with E-state index in [2.05, 4.69) is 15.9 Å². The summed E-state index contributed by atoms with van der Waals surface area (Å²) in [5.41, 5.74) is 0.872. The number of nitriles is 1. The number of halogens is 2. The molecule has 0 fully saturated rings. The number of benzene rings is 1. The van der Waals surface area contributed by atoms with Gasteiger partial charge in [0.05, 0.1) is 12.5 Å². The molecule has 0 heterocycles. The summed E-state index contributed by atoms with van der Waals surface area (Å²) in [6.45, 7) is 0. The molecule has 0 N–H and O–H groups in total. The van der Waals surface area contributed by atoms with Crippen molar-refractivity contribution in [1.29, 1.82) is 5.26 Å². The predicted octanol–water partition coefficient (Wildman–Crippen LogP) is 3.52. The third-order valence-corrected chi connectivity index (χ3v) is 2.16. The third-order valence-electron chi connectivity index (χ3n) is 1.47. The molecule has 0 radical (unpaired) electrons. The van der Waals surface area contributed by atoms with Gasteiger partial charge in [0, 0.05) is 4.47 Å². The Morgan fingerprint density at radius 1 is 1.54 bits per heavy atom. The zero-order valence-electron chi connectivity index (χ0n) is 6.80. The highest BCUT2D eigenvalue weighted by atomic mass is 79.9. The Hall–Kier alpha value is -1.14. The first-order valence-corrected chi connectivity index (χ1v) is 4.52. The molecule has 0 aromatic heterocycles. The van der Waals surface area contributed by atoms with E-state index in [9.17, 15) is 4.39 Å². The Morgan fingerprint density at radius 2 is 2.31 bits per heavy atom. The van der Waals surface area contributed by atoms with E-state index < -0.39 is 0 Å². The van der Waals surface area contributed by atoms with E-state index in [0.29, 0.717) is 10.9 Å². The zero-order chi connectivity index (χ0) is 9.68. The SMILES string of the molecule is N#CCC=Cc1ccc(F)cc1Br. The zero-order valence-corrected chi connectivity index (χ0v) is 8.38. The van der Waals surface area contributed by atoms with Gasteiger partial charge in [0.2, 0.25) is 0 Å². The standard InChI is InChI=1S/C10H7BrFN/c11-10-7-9(12)5-4-8(10)3-1-2-6-13/h1,3-5,7H,2H2. The normalized spacial score (nSPS) is 10.2. The van der Waals surface area contributed by atoms with Gasteiger partial charge >= 0.3 is 0 Å². The first kappa shape index (κ1) is 9.94. The topological polar surface area (TPSA) is 23.8 Å². The van der Waals surface area contributed by atoms with E-state index in [4.69, 9.17) is 5.26 Å². The average molecular weight is 240 g/mol. The number of hydrogen-bond acceptors (Lipinski definition) is 1. The second-order valence-corrected chi connectivity index (χ2v) is 3.28. The third kappa shape index (κ3) is 3.00. The molecule has 1 aromatic rings. The van der Waals surface area contributed by atoms with E-state index in [1.165, 1.54) is 12.1 Å². The van der Waals surface area contributed by atoms with Crippen LogP contribution in [0, 0.1) is 17.1 Å². The molecular formula is C10H7BrFN. The fraction of sp³-hybridized carbons (Fsp3) is 0.100. The van der Waals surface area contributed by atoms with Gasteiger partial charge in [0.25, 0.3) is 0 Å². The molecule has 66 valence electrons. The fourth-order valence-electron chi connectivity index (χ4n) is 0.875. The van der Waals surface area contributed by atoms with Crippen molar-refractivity contribution in [3.8, 4) is 6.07 Å². The molecule has 0 saturated heterocycles. The molecule has 1 nitrogen and oxygen atoms in total. The molecule has 0 aliphatic rings. The van der Waals surface area contributed by atoms with Crippen LogP contribution in [0.1, 0.15) is 12.0 Å². The van der Waals surface area contributed by atoms with E-state index in [0.717, 1.165) is 5.56 Å². The van der Waals surface area contributed by atoms with Crippen molar-refractivity contribution in [2.75, 3.05) is 0 Å². The van der Waals surface area contributed by atoms with Gasteiger partial charge < -0.3 is 0 Å². The van der Waals surface area contributed by atoms with Gasteiger partial charge in [0.1, 0.15) is 5.82 Å². The Kier molecular flexibility index (Phi) is 3.66. The minimum absolute atomic E-state index is 0.274. The van der Waals surface area contributed by atoms with Crippen molar-refractivity contribution in [2.24, 2.45) is 0 Å². The molecular weight excluding hydrogens is 233 g/mol. The molecule has 0 unspecified atom stereocenters. The number of nitrogens with zero attached hydrogens (tertiary/aromatic N) is 1. The Morgan fingerprint density at radius 3 is 2.92 bits per heavy atom. The molecule has 0 aliphatic carbocycles.